The third-order valence-electron chi connectivity index (χ3n) is 10.3. The molecule has 10 aromatic rings. The standard InChI is InChI=1S/C47H27N3O/c1-2-11-28(12-3-1)29-23-25-32(26-24-29)45-48-46(35-20-8-14-30-13-4-5-17-33(30)35)50-47(49-45)44-42-37-21-10-16-31-15-9-19-34(41(31)37)38(42)27-40-43(44)36-18-6-7-22-39(36)51-40/h1-27H. The lowest BCUT2D eigenvalue weighted by Crippen LogP contribution is -2.02. The van der Waals surface area contributed by atoms with Gasteiger partial charge in [-0.15, -0.1) is 0 Å². The van der Waals surface area contributed by atoms with Crippen LogP contribution in [0.25, 0.3) is 111 Å². The summed E-state index contributed by atoms with van der Waals surface area (Å²) in [5.41, 5.74) is 11.4. The predicted octanol–water partition coefficient (Wildman–Crippen LogP) is 12.4. The minimum Gasteiger partial charge on any atom is -0.456 e. The van der Waals surface area contributed by atoms with Crippen LogP contribution in [0, 0.1) is 0 Å². The molecule has 0 saturated carbocycles. The number of benzene rings is 8. The second-order valence-electron chi connectivity index (χ2n) is 13.1. The summed E-state index contributed by atoms with van der Waals surface area (Å²) < 4.78 is 6.61. The van der Waals surface area contributed by atoms with E-state index >= 15 is 0 Å². The summed E-state index contributed by atoms with van der Waals surface area (Å²) in [4.78, 5) is 16.0. The molecule has 11 rings (SSSR count). The molecule has 0 amide bonds. The molecule has 236 valence electrons. The average Bonchev–Trinajstić information content (AvgIpc) is 3.73. The number of aromatic nitrogens is 3. The van der Waals surface area contributed by atoms with Crippen molar-refractivity contribution in [2.24, 2.45) is 0 Å². The Bertz CT molecular complexity index is 3010. The van der Waals surface area contributed by atoms with Crippen molar-refractivity contribution in [2.45, 2.75) is 0 Å². The molecule has 0 spiro atoms. The first kappa shape index (κ1) is 28.0. The summed E-state index contributed by atoms with van der Waals surface area (Å²) in [6, 6.07) is 57.2. The Kier molecular flexibility index (Phi) is 5.92. The van der Waals surface area contributed by atoms with Crippen LogP contribution in [0.2, 0.25) is 0 Å². The van der Waals surface area contributed by atoms with Gasteiger partial charge in [0.1, 0.15) is 11.2 Å². The van der Waals surface area contributed by atoms with Crippen molar-refractivity contribution in [2.75, 3.05) is 0 Å². The van der Waals surface area contributed by atoms with Crippen LogP contribution in [0.4, 0.5) is 0 Å². The maximum Gasteiger partial charge on any atom is 0.165 e. The van der Waals surface area contributed by atoms with Gasteiger partial charge in [0.25, 0.3) is 0 Å². The number of para-hydroxylation sites is 1. The SMILES string of the molecule is c1ccc(-c2ccc(-c3nc(-c4cccc5ccccc45)nc(-c4c5c(cc6oc7ccccc7c46)-c4cccc6cccc-5c46)n3)cc2)cc1. The molecule has 4 heteroatoms. The normalized spacial score (nSPS) is 11.9. The fraction of sp³-hybridized carbons (Fsp3) is 0. The van der Waals surface area contributed by atoms with Crippen LogP contribution in [0.1, 0.15) is 0 Å². The second-order valence-corrected chi connectivity index (χ2v) is 13.1. The fourth-order valence-electron chi connectivity index (χ4n) is 7.98. The highest BCUT2D eigenvalue weighted by Gasteiger charge is 2.30. The van der Waals surface area contributed by atoms with E-state index in [1.165, 1.54) is 27.5 Å². The molecule has 0 unspecified atom stereocenters. The summed E-state index contributed by atoms with van der Waals surface area (Å²) in [7, 11) is 0. The maximum atomic E-state index is 6.61. The molecule has 0 saturated heterocycles. The minimum absolute atomic E-state index is 0.619. The van der Waals surface area contributed by atoms with E-state index in [0.29, 0.717) is 17.5 Å². The van der Waals surface area contributed by atoms with E-state index in [9.17, 15) is 0 Å². The molecule has 51 heavy (non-hydrogen) atoms. The van der Waals surface area contributed by atoms with Gasteiger partial charge in [0.05, 0.1) is 0 Å². The third-order valence-corrected chi connectivity index (χ3v) is 10.3. The molecule has 0 radical (unpaired) electrons. The largest absolute Gasteiger partial charge is 0.456 e. The molecule has 4 nitrogen and oxygen atoms in total. The highest BCUT2D eigenvalue weighted by Crippen LogP contribution is 2.54. The third kappa shape index (κ3) is 4.23. The van der Waals surface area contributed by atoms with Gasteiger partial charge < -0.3 is 4.42 Å². The number of nitrogens with zero attached hydrogens (tertiary/aromatic N) is 3. The molecule has 2 aromatic heterocycles. The van der Waals surface area contributed by atoms with E-state index < -0.39 is 0 Å². The number of furan rings is 1. The number of rotatable bonds is 4. The van der Waals surface area contributed by atoms with Gasteiger partial charge in [-0.2, -0.15) is 0 Å². The lowest BCUT2D eigenvalue weighted by Gasteiger charge is -2.14. The van der Waals surface area contributed by atoms with Crippen LogP contribution in [0.15, 0.2) is 168 Å². The Hall–Kier alpha value is -6.91. The zero-order chi connectivity index (χ0) is 33.5. The number of hydrogen-bond donors (Lipinski definition) is 0. The van der Waals surface area contributed by atoms with Crippen molar-refractivity contribution in [3.8, 4) is 67.5 Å². The van der Waals surface area contributed by atoms with Gasteiger partial charge in [-0.25, -0.2) is 15.0 Å². The van der Waals surface area contributed by atoms with Crippen molar-refractivity contribution in [1.82, 2.24) is 15.0 Å². The molecular weight excluding hydrogens is 623 g/mol. The average molecular weight is 650 g/mol. The molecule has 8 aromatic carbocycles. The van der Waals surface area contributed by atoms with Crippen molar-refractivity contribution in [3.63, 3.8) is 0 Å². The van der Waals surface area contributed by atoms with Crippen molar-refractivity contribution in [1.29, 1.82) is 0 Å². The van der Waals surface area contributed by atoms with Crippen molar-refractivity contribution >= 4 is 43.5 Å². The minimum atomic E-state index is 0.619. The van der Waals surface area contributed by atoms with Gasteiger partial charge in [0.15, 0.2) is 17.5 Å². The lowest BCUT2D eigenvalue weighted by molar-refractivity contribution is 0.669. The Balaban J connectivity index is 1.24. The van der Waals surface area contributed by atoms with Gasteiger partial charge in [0, 0.05) is 33.0 Å². The van der Waals surface area contributed by atoms with Crippen LogP contribution in [-0.4, -0.2) is 15.0 Å². The summed E-state index contributed by atoms with van der Waals surface area (Å²) >= 11 is 0. The van der Waals surface area contributed by atoms with Crippen LogP contribution in [-0.2, 0) is 0 Å². The fourth-order valence-corrected chi connectivity index (χ4v) is 7.98. The Morgan fingerprint density at radius 1 is 0.333 bits per heavy atom. The van der Waals surface area contributed by atoms with E-state index in [1.807, 2.05) is 18.2 Å². The molecule has 0 N–H and O–H groups in total. The lowest BCUT2D eigenvalue weighted by atomic mass is 9.93. The summed E-state index contributed by atoms with van der Waals surface area (Å²) in [6.07, 6.45) is 0. The maximum absolute atomic E-state index is 6.61. The molecule has 1 aliphatic carbocycles. The van der Waals surface area contributed by atoms with E-state index in [1.54, 1.807) is 0 Å². The zero-order valence-electron chi connectivity index (χ0n) is 27.3. The highest BCUT2D eigenvalue weighted by molar-refractivity contribution is 6.25. The Morgan fingerprint density at radius 2 is 0.941 bits per heavy atom. The zero-order valence-corrected chi connectivity index (χ0v) is 27.3. The first-order valence-electron chi connectivity index (χ1n) is 17.2. The van der Waals surface area contributed by atoms with Crippen LogP contribution in [0.5, 0.6) is 0 Å². The van der Waals surface area contributed by atoms with Gasteiger partial charge in [0.2, 0.25) is 0 Å². The Morgan fingerprint density at radius 3 is 1.78 bits per heavy atom. The molecule has 1 aliphatic rings. The topological polar surface area (TPSA) is 51.8 Å². The van der Waals surface area contributed by atoms with Crippen LogP contribution >= 0.6 is 0 Å². The molecular formula is C47H27N3O. The summed E-state index contributed by atoms with van der Waals surface area (Å²) in [5.74, 6) is 1.87. The van der Waals surface area contributed by atoms with Crippen LogP contribution in [0.3, 0.4) is 0 Å². The van der Waals surface area contributed by atoms with E-state index in [-0.39, 0.29) is 0 Å². The smallest absolute Gasteiger partial charge is 0.165 e. The monoisotopic (exact) mass is 649 g/mol. The van der Waals surface area contributed by atoms with E-state index in [4.69, 9.17) is 19.4 Å². The quantitative estimate of drug-likeness (QED) is 0.190. The summed E-state index contributed by atoms with van der Waals surface area (Å²) in [5, 5.41) is 6.73. The Labute approximate surface area is 293 Å². The van der Waals surface area contributed by atoms with Crippen molar-refractivity contribution < 1.29 is 4.42 Å². The molecule has 2 heterocycles. The van der Waals surface area contributed by atoms with E-state index in [0.717, 1.165) is 66.1 Å². The van der Waals surface area contributed by atoms with E-state index in [2.05, 4.69) is 146 Å². The molecule has 0 atom stereocenters. The van der Waals surface area contributed by atoms with Gasteiger partial charge in [-0.3, -0.25) is 0 Å². The first-order valence-corrected chi connectivity index (χ1v) is 17.2. The second kappa shape index (κ2) is 10.8. The summed E-state index contributed by atoms with van der Waals surface area (Å²) in [6.45, 7) is 0. The molecule has 0 aliphatic heterocycles. The number of fused-ring (bicyclic) bond motifs is 7. The predicted molar refractivity (Wildman–Crippen MR) is 208 cm³/mol. The van der Waals surface area contributed by atoms with Gasteiger partial charge >= 0.3 is 0 Å². The first-order chi connectivity index (χ1) is 25.3. The molecule has 0 bridgehead atoms. The van der Waals surface area contributed by atoms with Gasteiger partial charge in [-0.1, -0.05) is 152 Å². The highest BCUT2D eigenvalue weighted by atomic mass is 16.3. The van der Waals surface area contributed by atoms with Gasteiger partial charge in [-0.05, 0) is 61.5 Å². The van der Waals surface area contributed by atoms with Crippen molar-refractivity contribution in [3.05, 3.63) is 164 Å². The number of hydrogen-bond acceptors (Lipinski definition) is 4. The van der Waals surface area contributed by atoms with Crippen LogP contribution < -0.4 is 0 Å². The molecule has 0 fully saturated rings.